The van der Waals surface area contributed by atoms with Gasteiger partial charge >= 0.3 is 18.0 Å². The molecule has 3 aromatic rings. The minimum absolute atomic E-state index is 0.0366. The van der Waals surface area contributed by atoms with Crippen LogP contribution in [0.1, 0.15) is 55.6 Å². The number of fused-ring (bicyclic) bond motifs is 1. The van der Waals surface area contributed by atoms with Crippen molar-refractivity contribution >= 4 is 40.7 Å². The van der Waals surface area contributed by atoms with Crippen LogP contribution < -0.4 is 19.8 Å². The van der Waals surface area contributed by atoms with Crippen LogP contribution in [0.3, 0.4) is 0 Å². The van der Waals surface area contributed by atoms with Gasteiger partial charge in [0.25, 0.3) is 0 Å². The summed E-state index contributed by atoms with van der Waals surface area (Å²) in [5.74, 6) is -2.46. The number of carbonyl (C=O) groups excluding carboxylic acids is 2. The maximum absolute atomic E-state index is 15.6. The molecule has 11 nitrogen and oxygen atoms in total. The molecule has 0 bridgehead atoms. The van der Waals surface area contributed by atoms with Crippen LogP contribution in [-0.2, 0) is 9.53 Å². The first-order valence-electron chi connectivity index (χ1n) is 14.3. The Kier molecular flexibility index (Phi) is 8.36. The highest BCUT2D eigenvalue weighted by Crippen LogP contribution is 2.38. The SMILES string of the molecule is COc1cc(C=CC(=O)O)ccc1OC(=O)c1cn(C2CC2)c2cc(N3CCN(C(=O)OC(C)(C)C)CC3)c(F)cc2c1=O. The summed E-state index contributed by atoms with van der Waals surface area (Å²) >= 11 is 0. The summed E-state index contributed by atoms with van der Waals surface area (Å²) < 4.78 is 33.7. The van der Waals surface area contributed by atoms with Gasteiger partial charge in [0.15, 0.2) is 11.5 Å². The molecule has 1 aliphatic carbocycles. The predicted octanol–water partition coefficient (Wildman–Crippen LogP) is 4.86. The molecule has 5 rings (SSSR count). The number of ether oxygens (including phenoxy) is 3. The maximum Gasteiger partial charge on any atom is 0.410 e. The number of rotatable bonds is 7. The zero-order chi connectivity index (χ0) is 31.8. The normalized spacial score (nSPS) is 15.5. The molecule has 1 N–H and O–H groups in total. The molecular weight excluding hydrogens is 573 g/mol. The number of hydrogen-bond donors (Lipinski definition) is 1. The molecule has 0 radical (unpaired) electrons. The number of piperazine rings is 1. The molecule has 12 heteroatoms. The van der Waals surface area contributed by atoms with E-state index < -0.39 is 34.9 Å². The van der Waals surface area contributed by atoms with E-state index in [9.17, 15) is 19.2 Å². The summed E-state index contributed by atoms with van der Waals surface area (Å²) in [7, 11) is 1.37. The van der Waals surface area contributed by atoms with Gasteiger partial charge in [-0.3, -0.25) is 4.79 Å². The average molecular weight is 608 g/mol. The number of aliphatic carboxylic acids is 1. The fourth-order valence-electron chi connectivity index (χ4n) is 5.05. The summed E-state index contributed by atoms with van der Waals surface area (Å²) in [6, 6.07) is 7.31. The Morgan fingerprint density at radius 3 is 2.34 bits per heavy atom. The molecular formula is C32H34FN3O8. The average Bonchev–Trinajstić information content (AvgIpc) is 3.81. The molecule has 1 saturated carbocycles. The van der Waals surface area contributed by atoms with E-state index in [1.165, 1.54) is 37.6 Å². The molecule has 0 atom stereocenters. The molecule has 2 aromatic carbocycles. The summed E-state index contributed by atoms with van der Waals surface area (Å²) in [5, 5.41) is 8.92. The second-order valence-corrected chi connectivity index (χ2v) is 11.8. The fourth-order valence-corrected chi connectivity index (χ4v) is 5.05. The van der Waals surface area contributed by atoms with Crippen LogP contribution in [-0.4, -0.2) is 71.5 Å². The van der Waals surface area contributed by atoms with Crippen LogP contribution in [0.5, 0.6) is 11.5 Å². The highest BCUT2D eigenvalue weighted by molar-refractivity contribution is 5.96. The molecule has 2 aliphatic rings. The lowest BCUT2D eigenvalue weighted by atomic mass is 10.1. The highest BCUT2D eigenvalue weighted by atomic mass is 19.1. The lowest BCUT2D eigenvalue weighted by molar-refractivity contribution is -0.131. The number of carbonyl (C=O) groups is 3. The topological polar surface area (TPSA) is 128 Å². The van der Waals surface area contributed by atoms with Crippen molar-refractivity contribution in [3.63, 3.8) is 0 Å². The summed E-state index contributed by atoms with van der Waals surface area (Å²) in [6.45, 7) is 6.87. The standard InChI is InChI=1S/C32H34FN3O8/c1-32(2,3)44-31(41)35-13-11-34(12-14-35)25-17-24-21(16-23(25)33)29(39)22(18-36(24)20-7-8-20)30(40)43-26-9-5-19(6-10-28(37)38)15-27(26)42-4/h5-6,9-10,15-18,20H,7-8,11-14H2,1-4H3,(H,37,38). The number of carboxylic acids is 1. The van der Waals surface area contributed by atoms with Crippen molar-refractivity contribution in [2.24, 2.45) is 0 Å². The van der Waals surface area contributed by atoms with Gasteiger partial charge in [-0.25, -0.2) is 18.8 Å². The smallest absolute Gasteiger partial charge is 0.410 e. The monoisotopic (exact) mass is 607 g/mol. The van der Waals surface area contributed by atoms with E-state index in [0.717, 1.165) is 25.0 Å². The number of esters is 1. The zero-order valence-electron chi connectivity index (χ0n) is 25.0. The van der Waals surface area contributed by atoms with Gasteiger partial charge < -0.3 is 33.7 Å². The molecule has 1 saturated heterocycles. The molecule has 1 aromatic heterocycles. The number of aromatic nitrogens is 1. The third-order valence-electron chi connectivity index (χ3n) is 7.34. The molecule has 1 aliphatic heterocycles. The maximum atomic E-state index is 15.6. The van der Waals surface area contributed by atoms with Crippen molar-refractivity contribution in [1.29, 1.82) is 0 Å². The lowest BCUT2D eigenvalue weighted by Gasteiger charge is -2.37. The number of benzene rings is 2. The van der Waals surface area contributed by atoms with Crippen LogP contribution in [0.4, 0.5) is 14.9 Å². The Bertz CT molecular complexity index is 1710. The first kappa shape index (κ1) is 30.6. The van der Waals surface area contributed by atoms with Crippen molar-refractivity contribution < 1.29 is 38.1 Å². The Morgan fingerprint density at radius 2 is 1.73 bits per heavy atom. The minimum atomic E-state index is -1.12. The third-order valence-corrected chi connectivity index (χ3v) is 7.34. The molecule has 0 spiro atoms. The summed E-state index contributed by atoms with van der Waals surface area (Å²) in [5.41, 5.74) is -0.210. The second kappa shape index (κ2) is 12.0. The number of pyridine rings is 1. The van der Waals surface area contributed by atoms with E-state index in [2.05, 4.69) is 0 Å². The number of anilines is 1. The van der Waals surface area contributed by atoms with Crippen LogP contribution >= 0.6 is 0 Å². The fraction of sp³-hybridized carbons (Fsp3) is 0.375. The van der Waals surface area contributed by atoms with Gasteiger partial charge in [-0.2, -0.15) is 0 Å². The van der Waals surface area contributed by atoms with E-state index in [1.54, 1.807) is 31.7 Å². The largest absolute Gasteiger partial charge is 0.493 e. The lowest BCUT2D eigenvalue weighted by Crippen LogP contribution is -2.50. The number of halogens is 1. The van der Waals surface area contributed by atoms with E-state index in [-0.39, 0.29) is 28.5 Å². The number of nitrogens with zero attached hydrogens (tertiary/aromatic N) is 3. The minimum Gasteiger partial charge on any atom is -0.493 e. The summed E-state index contributed by atoms with van der Waals surface area (Å²) in [6.07, 6.45) is 5.05. The Labute approximate surface area is 253 Å². The zero-order valence-corrected chi connectivity index (χ0v) is 25.0. The molecule has 44 heavy (non-hydrogen) atoms. The predicted molar refractivity (Wildman–Crippen MR) is 161 cm³/mol. The van der Waals surface area contributed by atoms with Gasteiger partial charge in [-0.15, -0.1) is 0 Å². The number of amides is 1. The Morgan fingerprint density at radius 1 is 1.02 bits per heavy atom. The van der Waals surface area contributed by atoms with Crippen LogP contribution in [0.2, 0.25) is 0 Å². The van der Waals surface area contributed by atoms with Crippen LogP contribution in [0.15, 0.2) is 47.4 Å². The molecule has 232 valence electrons. The Balaban J connectivity index is 1.42. The second-order valence-electron chi connectivity index (χ2n) is 11.8. The quantitative estimate of drug-likeness (QED) is 0.228. The van der Waals surface area contributed by atoms with Gasteiger partial charge in [0.2, 0.25) is 5.43 Å². The molecule has 0 unspecified atom stereocenters. The van der Waals surface area contributed by atoms with Crippen molar-refractivity contribution in [2.45, 2.75) is 45.3 Å². The third kappa shape index (κ3) is 6.69. The van der Waals surface area contributed by atoms with Crippen molar-refractivity contribution in [2.75, 3.05) is 38.2 Å². The van der Waals surface area contributed by atoms with Crippen molar-refractivity contribution in [3.8, 4) is 11.5 Å². The first-order valence-corrected chi connectivity index (χ1v) is 14.3. The number of carboxylic acid groups (broad SMARTS) is 1. The van der Waals surface area contributed by atoms with Gasteiger partial charge in [0.05, 0.1) is 18.3 Å². The van der Waals surface area contributed by atoms with Gasteiger partial charge in [-0.1, -0.05) is 6.07 Å². The molecule has 2 fully saturated rings. The van der Waals surface area contributed by atoms with Gasteiger partial charge in [0.1, 0.15) is 17.0 Å². The summed E-state index contributed by atoms with van der Waals surface area (Å²) in [4.78, 5) is 53.6. The highest BCUT2D eigenvalue weighted by Gasteiger charge is 2.30. The van der Waals surface area contributed by atoms with E-state index in [0.29, 0.717) is 42.9 Å². The van der Waals surface area contributed by atoms with Gasteiger partial charge in [-0.05, 0) is 69.5 Å². The van der Waals surface area contributed by atoms with Crippen LogP contribution in [0.25, 0.3) is 17.0 Å². The van der Waals surface area contributed by atoms with Gasteiger partial charge in [0, 0.05) is 49.9 Å². The number of hydrogen-bond acceptors (Lipinski definition) is 8. The van der Waals surface area contributed by atoms with E-state index >= 15 is 4.39 Å². The number of methoxy groups -OCH3 is 1. The van der Waals surface area contributed by atoms with Crippen LogP contribution in [0, 0.1) is 5.82 Å². The molecule has 2 heterocycles. The molecule has 1 amide bonds. The van der Waals surface area contributed by atoms with E-state index in [4.69, 9.17) is 19.3 Å². The Hall–Kier alpha value is -4.87. The van der Waals surface area contributed by atoms with Crippen molar-refractivity contribution in [3.05, 3.63) is 69.8 Å². The van der Waals surface area contributed by atoms with E-state index in [1.807, 2.05) is 9.47 Å². The first-order chi connectivity index (χ1) is 20.8. The van der Waals surface area contributed by atoms with Crippen molar-refractivity contribution in [1.82, 2.24) is 9.47 Å².